The fraction of sp³-hybridized carbons (Fsp3) is 0.444. The maximum atomic E-state index is 13.0. The van der Waals surface area contributed by atoms with E-state index in [2.05, 4.69) is 15.4 Å². The van der Waals surface area contributed by atoms with Gasteiger partial charge in [-0.25, -0.2) is 0 Å². The summed E-state index contributed by atoms with van der Waals surface area (Å²) in [5.41, 5.74) is 4.01. The SMILES string of the molecule is CNC(=O)c1ccc(C(=O)N2CCC[C@H]2c2c(C)nn(C)c2C)cn1. The van der Waals surface area contributed by atoms with Gasteiger partial charge in [0, 0.05) is 38.1 Å². The van der Waals surface area contributed by atoms with Gasteiger partial charge in [0.15, 0.2) is 0 Å². The topological polar surface area (TPSA) is 80.1 Å². The van der Waals surface area contributed by atoms with E-state index in [1.807, 2.05) is 30.5 Å². The van der Waals surface area contributed by atoms with Crippen LogP contribution in [0.25, 0.3) is 0 Å². The summed E-state index contributed by atoms with van der Waals surface area (Å²) in [4.78, 5) is 30.6. The van der Waals surface area contributed by atoms with E-state index in [1.54, 1.807) is 19.2 Å². The van der Waals surface area contributed by atoms with Crippen molar-refractivity contribution in [3.8, 4) is 0 Å². The van der Waals surface area contributed by atoms with E-state index in [0.29, 0.717) is 17.8 Å². The first-order valence-corrected chi connectivity index (χ1v) is 8.43. The number of rotatable bonds is 3. The van der Waals surface area contributed by atoms with Crippen molar-refractivity contribution in [3.05, 3.63) is 46.5 Å². The molecule has 1 atom stereocenters. The van der Waals surface area contributed by atoms with Gasteiger partial charge in [0.2, 0.25) is 0 Å². The second-order valence-electron chi connectivity index (χ2n) is 6.38. The number of nitrogens with one attached hydrogen (secondary N) is 1. The average Bonchev–Trinajstić information content (AvgIpc) is 3.18. The van der Waals surface area contributed by atoms with Crippen molar-refractivity contribution < 1.29 is 9.59 Å². The van der Waals surface area contributed by atoms with Gasteiger partial charge in [-0.1, -0.05) is 0 Å². The Hall–Kier alpha value is -2.70. The van der Waals surface area contributed by atoms with Gasteiger partial charge in [0.1, 0.15) is 5.69 Å². The maximum absolute atomic E-state index is 13.0. The number of aryl methyl sites for hydroxylation is 2. The molecule has 2 aromatic heterocycles. The average molecular weight is 341 g/mol. The molecule has 0 bridgehead atoms. The minimum absolute atomic E-state index is 0.0415. The molecule has 132 valence electrons. The minimum Gasteiger partial charge on any atom is -0.354 e. The molecule has 1 N–H and O–H groups in total. The third-order valence-corrected chi connectivity index (χ3v) is 4.88. The van der Waals surface area contributed by atoms with Crippen molar-refractivity contribution in [1.29, 1.82) is 0 Å². The van der Waals surface area contributed by atoms with Crippen LogP contribution in [-0.2, 0) is 7.05 Å². The van der Waals surface area contributed by atoms with Crippen LogP contribution in [0.1, 0.15) is 56.7 Å². The first-order valence-electron chi connectivity index (χ1n) is 8.43. The number of hydrogen-bond donors (Lipinski definition) is 1. The molecule has 0 unspecified atom stereocenters. The van der Waals surface area contributed by atoms with Gasteiger partial charge in [-0.15, -0.1) is 0 Å². The fourth-order valence-corrected chi connectivity index (χ4v) is 3.53. The Morgan fingerprint density at radius 1 is 1.28 bits per heavy atom. The van der Waals surface area contributed by atoms with Gasteiger partial charge in [-0.3, -0.25) is 19.3 Å². The van der Waals surface area contributed by atoms with E-state index in [-0.39, 0.29) is 17.9 Å². The number of nitrogens with zero attached hydrogens (tertiary/aromatic N) is 4. The highest BCUT2D eigenvalue weighted by atomic mass is 16.2. The van der Waals surface area contributed by atoms with Gasteiger partial charge in [-0.2, -0.15) is 5.10 Å². The lowest BCUT2D eigenvalue weighted by Gasteiger charge is -2.25. The van der Waals surface area contributed by atoms with Crippen LogP contribution in [0.5, 0.6) is 0 Å². The Kier molecular flexibility index (Phi) is 4.57. The van der Waals surface area contributed by atoms with Crippen LogP contribution in [0, 0.1) is 13.8 Å². The molecule has 1 aliphatic rings. The molecule has 3 rings (SSSR count). The van der Waals surface area contributed by atoms with Crippen LogP contribution in [-0.4, -0.2) is 45.1 Å². The summed E-state index contributed by atoms with van der Waals surface area (Å²) in [6.07, 6.45) is 3.38. The zero-order valence-corrected chi connectivity index (χ0v) is 15.0. The van der Waals surface area contributed by atoms with Crippen molar-refractivity contribution in [1.82, 2.24) is 25.0 Å². The standard InChI is InChI=1S/C18H23N5O2/c1-11-16(12(2)22(4)21-11)15-6-5-9-23(15)18(25)13-7-8-14(20-10-13)17(24)19-3/h7-8,10,15H,5-6,9H2,1-4H3,(H,19,24)/t15-/m0/s1. The van der Waals surface area contributed by atoms with Crippen molar-refractivity contribution in [2.24, 2.45) is 7.05 Å². The van der Waals surface area contributed by atoms with E-state index in [9.17, 15) is 9.59 Å². The van der Waals surface area contributed by atoms with Gasteiger partial charge in [0.05, 0.1) is 17.3 Å². The molecule has 1 aliphatic heterocycles. The molecule has 1 saturated heterocycles. The van der Waals surface area contributed by atoms with Crippen LogP contribution in [0.2, 0.25) is 0 Å². The van der Waals surface area contributed by atoms with E-state index >= 15 is 0 Å². The van der Waals surface area contributed by atoms with Crippen LogP contribution in [0.15, 0.2) is 18.3 Å². The van der Waals surface area contributed by atoms with Gasteiger partial charge in [0.25, 0.3) is 11.8 Å². The second kappa shape index (κ2) is 6.66. The fourth-order valence-electron chi connectivity index (χ4n) is 3.53. The summed E-state index contributed by atoms with van der Waals surface area (Å²) in [6.45, 7) is 4.74. The number of pyridine rings is 1. The predicted molar refractivity (Wildman–Crippen MR) is 93.3 cm³/mol. The van der Waals surface area contributed by atoms with Gasteiger partial charge < -0.3 is 10.2 Å². The molecule has 0 aliphatic carbocycles. The number of hydrogen-bond acceptors (Lipinski definition) is 4. The molecule has 0 spiro atoms. The molecule has 2 aromatic rings. The summed E-state index contributed by atoms with van der Waals surface area (Å²) in [6, 6.07) is 3.29. The first kappa shape index (κ1) is 17.1. The molecule has 7 heteroatoms. The molecule has 1 fully saturated rings. The monoisotopic (exact) mass is 341 g/mol. The largest absolute Gasteiger partial charge is 0.354 e. The quantitative estimate of drug-likeness (QED) is 0.923. The molecule has 0 aromatic carbocycles. The highest BCUT2D eigenvalue weighted by Gasteiger charge is 2.34. The number of likely N-dealkylation sites (tertiary alicyclic amines) is 1. The molecule has 0 radical (unpaired) electrons. The first-order chi connectivity index (χ1) is 11.9. The van der Waals surface area contributed by atoms with E-state index in [1.165, 1.54) is 6.20 Å². The zero-order chi connectivity index (χ0) is 18.1. The summed E-state index contributed by atoms with van der Waals surface area (Å²) >= 11 is 0. The predicted octanol–water partition coefficient (Wildman–Crippen LogP) is 1.77. The zero-order valence-electron chi connectivity index (χ0n) is 15.0. The highest BCUT2D eigenvalue weighted by Crippen LogP contribution is 2.36. The molecule has 0 saturated carbocycles. The second-order valence-corrected chi connectivity index (χ2v) is 6.38. The number of carbonyl (C=O) groups excluding carboxylic acids is 2. The normalized spacial score (nSPS) is 17.0. The van der Waals surface area contributed by atoms with Crippen LogP contribution >= 0.6 is 0 Å². The maximum Gasteiger partial charge on any atom is 0.269 e. The Balaban J connectivity index is 1.87. The smallest absolute Gasteiger partial charge is 0.269 e. The lowest BCUT2D eigenvalue weighted by Crippen LogP contribution is -2.31. The minimum atomic E-state index is -0.264. The summed E-state index contributed by atoms with van der Waals surface area (Å²) in [7, 11) is 3.48. The summed E-state index contributed by atoms with van der Waals surface area (Å²) in [5, 5.41) is 7.01. The number of amides is 2. The Bertz CT molecular complexity index is 810. The molecule has 3 heterocycles. The van der Waals surface area contributed by atoms with E-state index < -0.39 is 0 Å². The van der Waals surface area contributed by atoms with Crippen molar-refractivity contribution >= 4 is 11.8 Å². The molecule has 7 nitrogen and oxygen atoms in total. The third-order valence-electron chi connectivity index (χ3n) is 4.88. The van der Waals surface area contributed by atoms with Crippen molar-refractivity contribution in [2.45, 2.75) is 32.7 Å². The Morgan fingerprint density at radius 2 is 2.04 bits per heavy atom. The summed E-state index contributed by atoms with van der Waals surface area (Å²) in [5.74, 6) is -0.319. The van der Waals surface area contributed by atoms with Crippen LogP contribution < -0.4 is 5.32 Å². The lowest BCUT2D eigenvalue weighted by molar-refractivity contribution is 0.0734. The molecule has 25 heavy (non-hydrogen) atoms. The highest BCUT2D eigenvalue weighted by molar-refractivity contribution is 5.96. The van der Waals surface area contributed by atoms with Crippen LogP contribution in [0.4, 0.5) is 0 Å². The van der Waals surface area contributed by atoms with E-state index in [4.69, 9.17) is 0 Å². The lowest BCUT2D eigenvalue weighted by atomic mass is 10.0. The van der Waals surface area contributed by atoms with Gasteiger partial charge in [-0.05, 0) is 38.8 Å². The molecule has 2 amide bonds. The van der Waals surface area contributed by atoms with E-state index in [0.717, 1.165) is 29.8 Å². The number of aromatic nitrogens is 3. The van der Waals surface area contributed by atoms with Crippen molar-refractivity contribution in [3.63, 3.8) is 0 Å². The molecular weight excluding hydrogens is 318 g/mol. The van der Waals surface area contributed by atoms with Crippen molar-refractivity contribution in [2.75, 3.05) is 13.6 Å². The third kappa shape index (κ3) is 3.01. The molecular formula is C18H23N5O2. The Labute approximate surface area is 147 Å². The Morgan fingerprint density at radius 3 is 2.60 bits per heavy atom. The van der Waals surface area contributed by atoms with Crippen LogP contribution in [0.3, 0.4) is 0 Å². The number of carbonyl (C=O) groups is 2. The summed E-state index contributed by atoms with van der Waals surface area (Å²) < 4.78 is 1.87. The van der Waals surface area contributed by atoms with Gasteiger partial charge >= 0.3 is 0 Å².